The summed E-state index contributed by atoms with van der Waals surface area (Å²) in [5.74, 6) is 5.74. The molecule has 0 unspecified atom stereocenters. The molecule has 0 bridgehead atoms. The largest absolute Gasteiger partial charge is 0.465 e. The van der Waals surface area contributed by atoms with Gasteiger partial charge in [0.2, 0.25) is 5.91 Å². The van der Waals surface area contributed by atoms with Gasteiger partial charge in [-0.3, -0.25) is 4.79 Å². The van der Waals surface area contributed by atoms with Crippen molar-refractivity contribution < 1.29 is 24.2 Å². The van der Waals surface area contributed by atoms with Gasteiger partial charge >= 0.3 is 5.97 Å². The number of rotatable bonds is 5. The summed E-state index contributed by atoms with van der Waals surface area (Å²) in [5.41, 5.74) is 1.40. The minimum Gasteiger partial charge on any atom is -0.465 e. The molecule has 34 heavy (non-hydrogen) atoms. The predicted molar refractivity (Wildman–Crippen MR) is 133 cm³/mol. The molecule has 184 valence electrons. The van der Waals surface area contributed by atoms with Crippen molar-refractivity contribution >= 4 is 28.9 Å². The summed E-state index contributed by atoms with van der Waals surface area (Å²) in [6, 6.07) is 1.87. The zero-order valence-electron chi connectivity index (χ0n) is 20.6. The van der Waals surface area contributed by atoms with Crippen LogP contribution in [0.4, 0.5) is 5.69 Å². The molecule has 7 heteroatoms. The molecule has 1 atom stereocenters. The van der Waals surface area contributed by atoms with Crippen LogP contribution in [0.25, 0.3) is 0 Å². The van der Waals surface area contributed by atoms with Crippen molar-refractivity contribution in [1.82, 2.24) is 0 Å². The second kappa shape index (κ2) is 9.85. The van der Waals surface area contributed by atoms with Crippen LogP contribution in [-0.2, 0) is 14.3 Å². The van der Waals surface area contributed by atoms with Crippen LogP contribution in [-0.4, -0.2) is 48.9 Å². The Morgan fingerprint density at radius 2 is 2.03 bits per heavy atom. The second-order valence-electron chi connectivity index (χ2n) is 10.5. The Morgan fingerprint density at radius 1 is 1.32 bits per heavy atom. The molecule has 1 aromatic rings. The van der Waals surface area contributed by atoms with Gasteiger partial charge in [0.1, 0.15) is 4.88 Å². The Bertz CT molecular complexity index is 1030. The fraction of sp³-hybridized carbons (Fsp3) is 0.630. The average molecular weight is 486 g/mol. The highest BCUT2D eigenvalue weighted by molar-refractivity contribution is 7.15. The van der Waals surface area contributed by atoms with Crippen molar-refractivity contribution in [2.24, 2.45) is 11.3 Å². The number of aliphatic hydroxyl groups excluding tert-OH is 1. The lowest BCUT2D eigenvalue weighted by molar-refractivity contribution is -0.123. The van der Waals surface area contributed by atoms with E-state index in [1.54, 1.807) is 0 Å². The van der Waals surface area contributed by atoms with Crippen LogP contribution < -0.4 is 4.90 Å². The van der Waals surface area contributed by atoms with E-state index in [1.807, 2.05) is 24.8 Å². The Kier molecular flexibility index (Phi) is 7.23. The van der Waals surface area contributed by atoms with E-state index < -0.39 is 11.4 Å². The molecule has 4 rings (SSSR count). The number of carbonyl (C=O) groups is 2. The number of hydrogen-bond acceptors (Lipinski definition) is 6. The van der Waals surface area contributed by atoms with Gasteiger partial charge in [0.15, 0.2) is 0 Å². The van der Waals surface area contributed by atoms with E-state index in [9.17, 15) is 14.7 Å². The van der Waals surface area contributed by atoms with Gasteiger partial charge in [0, 0.05) is 17.4 Å². The Balaban J connectivity index is 1.71. The molecule has 0 aromatic carbocycles. The molecule has 2 aliphatic carbocycles. The Labute approximate surface area is 206 Å². The summed E-state index contributed by atoms with van der Waals surface area (Å²) in [5, 5.41) is 9.56. The standard InChI is InChI=1S/C27H35NO5S/c1-18-5-7-19(8-6-18)24(30)28(20-9-13-27(14-10-20)17-33-27)22-15-21(11-12-26(2,3)16-29)34-23(22)25(31)32-4/h5,15,19-20,29H,6-10,13-14,16-17H2,1-4H3/t19-,20-,27+/m0/s1. The van der Waals surface area contributed by atoms with E-state index in [-0.39, 0.29) is 30.1 Å². The number of thiophene rings is 1. The molecule has 1 saturated carbocycles. The normalized spacial score (nSPS) is 26.3. The van der Waals surface area contributed by atoms with Crippen molar-refractivity contribution in [2.45, 2.75) is 77.4 Å². The molecular formula is C27H35NO5S. The summed E-state index contributed by atoms with van der Waals surface area (Å²) in [4.78, 5) is 29.7. The van der Waals surface area contributed by atoms with Crippen molar-refractivity contribution in [2.75, 3.05) is 25.2 Å². The van der Waals surface area contributed by atoms with Crippen LogP contribution in [0, 0.1) is 23.2 Å². The summed E-state index contributed by atoms with van der Waals surface area (Å²) < 4.78 is 10.8. The number of aliphatic hydroxyl groups is 1. The number of ether oxygens (including phenoxy) is 2. The van der Waals surface area contributed by atoms with E-state index in [0.717, 1.165) is 51.6 Å². The van der Waals surface area contributed by atoms with E-state index in [2.05, 4.69) is 24.8 Å². The maximum Gasteiger partial charge on any atom is 0.350 e. The molecule has 6 nitrogen and oxygen atoms in total. The second-order valence-corrected chi connectivity index (χ2v) is 11.6. The zero-order chi connectivity index (χ0) is 24.5. The molecule has 1 aromatic heterocycles. The highest BCUT2D eigenvalue weighted by Crippen LogP contribution is 2.45. The quantitative estimate of drug-likeness (QED) is 0.283. The van der Waals surface area contributed by atoms with Crippen molar-refractivity contribution in [3.63, 3.8) is 0 Å². The Hall–Kier alpha value is -2.14. The third kappa shape index (κ3) is 5.40. The fourth-order valence-corrected chi connectivity index (χ4v) is 5.71. The van der Waals surface area contributed by atoms with Gasteiger partial charge in [0.25, 0.3) is 0 Å². The van der Waals surface area contributed by atoms with Crippen LogP contribution in [0.15, 0.2) is 17.7 Å². The summed E-state index contributed by atoms with van der Waals surface area (Å²) >= 11 is 1.25. The average Bonchev–Trinajstić information content (AvgIpc) is 3.46. The van der Waals surface area contributed by atoms with E-state index >= 15 is 0 Å². The monoisotopic (exact) mass is 485 g/mol. The Morgan fingerprint density at radius 3 is 2.59 bits per heavy atom. The molecule has 2 fully saturated rings. The highest BCUT2D eigenvalue weighted by atomic mass is 32.1. The number of amides is 1. The van der Waals surface area contributed by atoms with Gasteiger partial charge in [0.05, 0.1) is 36.5 Å². The molecule has 1 spiro atoms. The minimum absolute atomic E-state index is 0.0158. The first-order valence-corrected chi connectivity index (χ1v) is 13.0. The summed E-state index contributed by atoms with van der Waals surface area (Å²) in [6.07, 6.45) is 8.21. The molecule has 1 aliphatic heterocycles. The van der Waals surface area contributed by atoms with Gasteiger partial charge in [-0.15, -0.1) is 11.3 Å². The first-order chi connectivity index (χ1) is 16.2. The fourth-order valence-electron chi connectivity index (χ4n) is 4.79. The molecule has 1 N–H and O–H groups in total. The van der Waals surface area contributed by atoms with Crippen molar-refractivity contribution in [3.05, 3.63) is 27.5 Å². The predicted octanol–water partition coefficient (Wildman–Crippen LogP) is 4.70. The van der Waals surface area contributed by atoms with Crippen LogP contribution in [0.2, 0.25) is 0 Å². The van der Waals surface area contributed by atoms with Gasteiger partial charge in [-0.25, -0.2) is 4.79 Å². The number of esters is 1. The SMILES string of the molecule is COC(=O)c1sc(C#CC(C)(C)CO)cc1N(C(=O)[C@H]1CC=C(C)CC1)[C@H]1CC[C@@]2(CC1)CO2. The van der Waals surface area contributed by atoms with Crippen LogP contribution in [0.3, 0.4) is 0 Å². The minimum atomic E-state index is -0.556. The van der Waals surface area contributed by atoms with Gasteiger partial charge < -0.3 is 19.5 Å². The van der Waals surface area contributed by atoms with E-state index in [1.165, 1.54) is 24.0 Å². The van der Waals surface area contributed by atoms with Crippen molar-refractivity contribution in [1.29, 1.82) is 0 Å². The number of allylic oxidation sites excluding steroid dienone is 2. The molecule has 2 heterocycles. The zero-order valence-corrected chi connectivity index (χ0v) is 21.4. The van der Waals surface area contributed by atoms with E-state index in [4.69, 9.17) is 9.47 Å². The third-order valence-corrected chi connectivity index (χ3v) is 8.29. The number of methoxy groups -OCH3 is 1. The maximum absolute atomic E-state index is 14.0. The summed E-state index contributed by atoms with van der Waals surface area (Å²) in [7, 11) is 1.36. The number of hydrogen-bond donors (Lipinski definition) is 1. The van der Waals surface area contributed by atoms with Gasteiger partial charge in [-0.2, -0.15) is 0 Å². The molecule has 1 saturated heterocycles. The smallest absolute Gasteiger partial charge is 0.350 e. The lowest BCUT2D eigenvalue weighted by Crippen LogP contribution is -2.47. The first kappa shape index (κ1) is 25.0. The number of nitrogens with zero attached hydrogens (tertiary/aromatic N) is 1. The highest BCUT2D eigenvalue weighted by Gasteiger charge is 2.49. The van der Waals surface area contributed by atoms with E-state index in [0.29, 0.717) is 15.4 Å². The molecular weight excluding hydrogens is 450 g/mol. The molecule has 0 radical (unpaired) electrons. The number of anilines is 1. The maximum atomic E-state index is 14.0. The number of epoxide rings is 1. The van der Waals surface area contributed by atoms with Crippen LogP contribution >= 0.6 is 11.3 Å². The van der Waals surface area contributed by atoms with Gasteiger partial charge in [-0.05, 0) is 71.8 Å². The topological polar surface area (TPSA) is 79.4 Å². The first-order valence-electron chi connectivity index (χ1n) is 12.2. The molecule has 1 amide bonds. The number of carbonyl (C=O) groups excluding carboxylic acids is 2. The molecule has 3 aliphatic rings. The van der Waals surface area contributed by atoms with Crippen LogP contribution in [0.1, 0.15) is 80.3 Å². The summed E-state index contributed by atoms with van der Waals surface area (Å²) in [6.45, 7) is 6.59. The van der Waals surface area contributed by atoms with Gasteiger partial charge in [-0.1, -0.05) is 23.5 Å². The lowest BCUT2D eigenvalue weighted by atomic mass is 9.83. The van der Waals surface area contributed by atoms with Crippen molar-refractivity contribution in [3.8, 4) is 11.8 Å². The lowest BCUT2D eigenvalue weighted by Gasteiger charge is -2.38. The van der Waals surface area contributed by atoms with Crippen LogP contribution in [0.5, 0.6) is 0 Å². The third-order valence-electron chi connectivity index (χ3n) is 7.27.